The highest BCUT2D eigenvalue weighted by atomic mass is 15.0. The standard InChI is InChI=1S/C14H10N4/c15-13-9-11(6-7-16-13)4-5-12-10-17-14-3-1-2-8-18(12)14/h1-3,6-10H,(H2,15,16). The summed E-state index contributed by atoms with van der Waals surface area (Å²) in [6.45, 7) is 0. The molecule has 0 atom stereocenters. The van der Waals surface area contributed by atoms with E-state index >= 15 is 0 Å². The Hall–Kier alpha value is -2.80. The monoisotopic (exact) mass is 234 g/mol. The number of imidazole rings is 1. The molecule has 0 fully saturated rings. The van der Waals surface area contributed by atoms with E-state index in [1.165, 1.54) is 0 Å². The van der Waals surface area contributed by atoms with E-state index in [1.54, 1.807) is 18.5 Å². The summed E-state index contributed by atoms with van der Waals surface area (Å²) < 4.78 is 1.94. The maximum Gasteiger partial charge on any atom is 0.137 e. The summed E-state index contributed by atoms with van der Waals surface area (Å²) in [7, 11) is 0. The van der Waals surface area contributed by atoms with Crippen molar-refractivity contribution in [2.24, 2.45) is 0 Å². The summed E-state index contributed by atoms with van der Waals surface area (Å²) in [5.41, 5.74) is 8.18. The van der Waals surface area contributed by atoms with Crippen molar-refractivity contribution >= 4 is 11.5 Å². The molecule has 0 radical (unpaired) electrons. The van der Waals surface area contributed by atoms with Crippen molar-refractivity contribution in [2.45, 2.75) is 0 Å². The number of fused-ring (bicyclic) bond motifs is 1. The second-order valence-corrected chi connectivity index (χ2v) is 3.79. The molecule has 0 saturated heterocycles. The zero-order valence-electron chi connectivity index (χ0n) is 9.54. The predicted octanol–water partition coefficient (Wildman–Crippen LogP) is 1.71. The summed E-state index contributed by atoms with van der Waals surface area (Å²) in [5, 5.41) is 0. The van der Waals surface area contributed by atoms with Gasteiger partial charge in [0, 0.05) is 18.0 Å². The smallest absolute Gasteiger partial charge is 0.137 e. The average Bonchev–Trinajstić information content (AvgIpc) is 2.80. The van der Waals surface area contributed by atoms with E-state index in [1.807, 2.05) is 34.9 Å². The molecule has 0 aliphatic rings. The second-order valence-electron chi connectivity index (χ2n) is 3.79. The van der Waals surface area contributed by atoms with E-state index < -0.39 is 0 Å². The van der Waals surface area contributed by atoms with Crippen molar-refractivity contribution in [3.05, 3.63) is 60.2 Å². The van der Waals surface area contributed by atoms with Crippen LogP contribution in [0.5, 0.6) is 0 Å². The van der Waals surface area contributed by atoms with Gasteiger partial charge in [-0.15, -0.1) is 0 Å². The van der Waals surface area contributed by atoms with Crippen LogP contribution in [0.25, 0.3) is 5.65 Å². The molecular formula is C14H10N4. The van der Waals surface area contributed by atoms with Gasteiger partial charge < -0.3 is 5.73 Å². The average molecular weight is 234 g/mol. The second kappa shape index (κ2) is 4.22. The van der Waals surface area contributed by atoms with Gasteiger partial charge in [0.05, 0.1) is 6.20 Å². The van der Waals surface area contributed by atoms with Crippen molar-refractivity contribution in [1.29, 1.82) is 0 Å². The van der Waals surface area contributed by atoms with Crippen LogP contribution in [0.4, 0.5) is 5.82 Å². The van der Waals surface area contributed by atoms with Crippen molar-refractivity contribution in [3.8, 4) is 11.8 Å². The van der Waals surface area contributed by atoms with Crippen molar-refractivity contribution in [3.63, 3.8) is 0 Å². The first-order chi connectivity index (χ1) is 8.83. The Morgan fingerprint density at radius 2 is 2.06 bits per heavy atom. The van der Waals surface area contributed by atoms with E-state index in [9.17, 15) is 0 Å². The van der Waals surface area contributed by atoms with Crippen LogP contribution in [0.3, 0.4) is 0 Å². The number of nitrogens with two attached hydrogens (primary N) is 1. The van der Waals surface area contributed by atoms with E-state index in [4.69, 9.17) is 5.73 Å². The molecule has 2 N–H and O–H groups in total. The van der Waals surface area contributed by atoms with Gasteiger partial charge in [0.1, 0.15) is 17.2 Å². The number of hydrogen-bond acceptors (Lipinski definition) is 3. The maximum atomic E-state index is 5.60. The summed E-state index contributed by atoms with van der Waals surface area (Å²) >= 11 is 0. The van der Waals surface area contributed by atoms with Crippen LogP contribution in [0, 0.1) is 11.8 Å². The summed E-state index contributed by atoms with van der Waals surface area (Å²) in [5.74, 6) is 6.60. The van der Waals surface area contributed by atoms with Crippen LogP contribution in [-0.4, -0.2) is 14.4 Å². The molecule has 0 unspecified atom stereocenters. The first-order valence-corrected chi connectivity index (χ1v) is 5.48. The van der Waals surface area contributed by atoms with Crippen LogP contribution in [0.1, 0.15) is 11.3 Å². The van der Waals surface area contributed by atoms with Crippen LogP contribution in [-0.2, 0) is 0 Å². The Morgan fingerprint density at radius 1 is 1.11 bits per heavy atom. The number of nitrogen functional groups attached to an aromatic ring is 1. The number of aromatic nitrogens is 3. The van der Waals surface area contributed by atoms with Gasteiger partial charge in [-0.3, -0.25) is 4.40 Å². The van der Waals surface area contributed by atoms with Crippen LogP contribution < -0.4 is 5.73 Å². The fourth-order valence-electron chi connectivity index (χ4n) is 1.69. The first-order valence-electron chi connectivity index (χ1n) is 5.48. The van der Waals surface area contributed by atoms with Gasteiger partial charge in [-0.2, -0.15) is 0 Å². The van der Waals surface area contributed by atoms with Gasteiger partial charge in [-0.25, -0.2) is 9.97 Å². The number of hydrogen-bond donors (Lipinski definition) is 1. The highest BCUT2D eigenvalue weighted by molar-refractivity contribution is 5.48. The minimum absolute atomic E-state index is 0.472. The van der Waals surface area contributed by atoms with Gasteiger partial charge in [-0.1, -0.05) is 12.0 Å². The van der Waals surface area contributed by atoms with Crippen molar-refractivity contribution in [2.75, 3.05) is 5.73 Å². The molecule has 18 heavy (non-hydrogen) atoms. The number of pyridine rings is 2. The minimum Gasteiger partial charge on any atom is -0.384 e. The Kier molecular flexibility index (Phi) is 2.43. The minimum atomic E-state index is 0.472. The largest absolute Gasteiger partial charge is 0.384 e. The molecule has 3 aromatic rings. The third-order valence-electron chi connectivity index (χ3n) is 2.53. The molecule has 3 aromatic heterocycles. The van der Waals surface area contributed by atoms with E-state index in [0.29, 0.717) is 5.82 Å². The Balaban J connectivity index is 2.03. The maximum absolute atomic E-state index is 5.60. The molecule has 0 saturated carbocycles. The topological polar surface area (TPSA) is 56.2 Å². The first kappa shape index (κ1) is 10.4. The van der Waals surface area contributed by atoms with Crippen molar-refractivity contribution in [1.82, 2.24) is 14.4 Å². The molecule has 0 aromatic carbocycles. The molecular weight excluding hydrogens is 224 g/mol. The van der Waals surface area contributed by atoms with Gasteiger partial charge in [0.25, 0.3) is 0 Å². The number of nitrogens with zero attached hydrogens (tertiary/aromatic N) is 3. The molecule has 0 bridgehead atoms. The molecule has 0 spiro atoms. The fourth-order valence-corrected chi connectivity index (χ4v) is 1.69. The number of rotatable bonds is 0. The fraction of sp³-hybridized carbons (Fsp3) is 0. The summed E-state index contributed by atoms with van der Waals surface area (Å²) in [4.78, 5) is 8.20. The molecule has 4 nitrogen and oxygen atoms in total. The third-order valence-corrected chi connectivity index (χ3v) is 2.53. The van der Waals surface area contributed by atoms with E-state index in [-0.39, 0.29) is 0 Å². The van der Waals surface area contributed by atoms with E-state index in [2.05, 4.69) is 21.8 Å². The SMILES string of the molecule is Nc1cc(C#Cc2cnc3ccccn23)ccn1. The van der Waals surface area contributed by atoms with E-state index in [0.717, 1.165) is 16.9 Å². The molecule has 0 aliphatic heterocycles. The van der Waals surface area contributed by atoms with Gasteiger partial charge >= 0.3 is 0 Å². The molecule has 3 rings (SSSR count). The highest BCUT2D eigenvalue weighted by Gasteiger charge is 1.97. The molecule has 86 valence electrons. The summed E-state index contributed by atoms with van der Waals surface area (Å²) in [6.07, 6.45) is 5.34. The molecule has 0 aliphatic carbocycles. The molecule has 4 heteroatoms. The lowest BCUT2D eigenvalue weighted by atomic mass is 10.2. The quantitative estimate of drug-likeness (QED) is 0.602. The normalized spacial score (nSPS) is 10.0. The zero-order valence-corrected chi connectivity index (χ0v) is 9.54. The van der Waals surface area contributed by atoms with Crippen LogP contribution in [0.2, 0.25) is 0 Å². The lowest BCUT2D eigenvalue weighted by molar-refractivity contribution is 1.16. The van der Waals surface area contributed by atoms with Crippen LogP contribution in [0.15, 0.2) is 48.9 Å². The lowest BCUT2D eigenvalue weighted by Gasteiger charge is -1.93. The third kappa shape index (κ3) is 1.89. The predicted molar refractivity (Wildman–Crippen MR) is 69.8 cm³/mol. The Bertz CT molecular complexity index is 762. The lowest BCUT2D eigenvalue weighted by Crippen LogP contribution is -1.89. The molecule has 0 amide bonds. The Labute approximate surface area is 104 Å². The van der Waals surface area contributed by atoms with Gasteiger partial charge in [0.2, 0.25) is 0 Å². The van der Waals surface area contributed by atoms with Crippen LogP contribution >= 0.6 is 0 Å². The zero-order chi connectivity index (χ0) is 12.4. The number of anilines is 1. The summed E-state index contributed by atoms with van der Waals surface area (Å²) in [6, 6.07) is 9.41. The molecule has 3 heterocycles. The van der Waals surface area contributed by atoms with Gasteiger partial charge in [0.15, 0.2) is 0 Å². The Morgan fingerprint density at radius 3 is 2.94 bits per heavy atom. The highest BCUT2D eigenvalue weighted by Crippen LogP contribution is 2.05. The van der Waals surface area contributed by atoms with Gasteiger partial charge in [-0.05, 0) is 30.2 Å². The van der Waals surface area contributed by atoms with Crippen molar-refractivity contribution < 1.29 is 0 Å².